The number of rotatable bonds is 5. The van der Waals surface area contributed by atoms with Gasteiger partial charge in [0.15, 0.2) is 5.96 Å². The van der Waals surface area contributed by atoms with Gasteiger partial charge in [-0.25, -0.2) is 13.1 Å². The lowest BCUT2D eigenvalue weighted by Gasteiger charge is -2.09. The van der Waals surface area contributed by atoms with Crippen molar-refractivity contribution in [1.82, 2.24) is 4.72 Å². The van der Waals surface area contributed by atoms with Crippen LogP contribution in [0.25, 0.3) is 0 Å². The molecule has 0 heterocycles. The highest BCUT2D eigenvalue weighted by molar-refractivity contribution is 7.89. The van der Waals surface area contributed by atoms with Gasteiger partial charge in [0.2, 0.25) is 10.0 Å². The minimum atomic E-state index is -3.92. The van der Waals surface area contributed by atoms with Gasteiger partial charge < -0.3 is 11.5 Å². The van der Waals surface area contributed by atoms with E-state index in [9.17, 15) is 13.2 Å². The Hall–Kier alpha value is -2.42. The number of amides is 1. The standard InChI is InChI=1S/C15H15ClN4O3S/c16-12-7-6-11(14(21)20-15(17)18)8-13(12)24(22,23)19-9-10-4-2-1-3-5-10/h1-8,19H,9H2,(H4,17,18,20,21). The topological polar surface area (TPSA) is 128 Å². The van der Waals surface area contributed by atoms with Gasteiger partial charge in [-0.3, -0.25) is 4.79 Å². The molecule has 7 nitrogen and oxygen atoms in total. The molecule has 0 saturated heterocycles. The van der Waals surface area contributed by atoms with Gasteiger partial charge >= 0.3 is 0 Å². The summed E-state index contributed by atoms with van der Waals surface area (Å²) in [7, 11) is -3.92. The van der Waals surface area contributed by atoms with Crippen LogP contribution in [0.3, 0.4) is 0 Å². The predicted molar refractivity (Wildman–Crippen MR) is 92.1 cm³/mol. The Morgan fingerprint density at radius 2 is 1.79 bits per heavy atom. The maximum atomic E-state index is 12.4. The molecule has 0 aliphatic carbocycles. The van der Waals surface area contributed by atoms with Crippen LogP contribution in [0, 0.1) is 0 Å². The molecule has 126 valence electrons. The first-order valence-corrected chi connectivity index (χ1v) is 8.63. The molecule has 0 fully saturated rings. The molecule has 0 saturated carbocycles. The van der Waals surface area contributed by atoms with Crippen LogP contribution in [0.1, 0.15) is 15.9 Å². The van der Waals surface area contributed by atoms with Gasteiger partial charge in [-0.05, 0) is 23.8 Å². The van der Waals surface area contributed by atoms with Crippen LogP contribution in [-0.4, -0.2) is 20.3 Å². The number of hydrogen-bond acceptors (Lipinski definition) is 3. The molecule has 5 N–H and O–H groups in total. The minimum absolute atomic E-state index is 0.00730. The number of nitrogens with zero attached hydrogens (tertiary/aromatic N) is 1. The van der Waals surface area contributed by atoms with Crippen LogP contribution in [-0.2, 0) is 16.6 Å². The minimum Gasteiger partial charge on any atom is -0.370 e. The highest BCUT2D eigenvalue weighted by Gasteiger charge is 2.20. The molecule has 2 aromatic carbocycles. The molecular weight excluding hydrogens is 352 g/mol. The predicted octanol–water partition coefficient (Wildman–Crippen LogP) is 1.23. The lowest BCUT2D eigenvalue weighted by molar-refractivity contribution is 0.100. The Kier molecular flexibility index (Phi) is 5.55. The summed E-state index contributed by atoms with van der Waals surface area (Å²) in [6.07, 6.45) is 0. The first-order valence-electron chi connectivity index (χ1n) is 6.77. The van der Waals surface area contributed by atoms with E-state index in [4.69, 9.17) is 23.1 Å². The Balaban J connectivity index is 2.29. The second-order valence-corrected chi connectivity index (χ2v) is 6.94. The smallest absolute Gasteiger partial charge is 0.280 e. The van der Waals surface area contributed by atoms with E-state index in [2.05, 4.69) is 9.71 Å². The van der Waals surface area contributed by atoms with Crippen molar-refractivity contribution in [3.63, 3.8) is 0 Å². The zero-order chi connectivity index (χ0) is 17.7. The number of halogens is 1. The van der Waals surface area contributed by atoms with Crippen LogP contribution in [0.2, 0.25) is 5.02 Å². The first-order chi connectivity index (χ1) is 11.3. The number of sulfonamides is 1. The van der Waals surface area contributed by atoms with Crippen LogP contribution in [0.4, 0.5) is 0 Å². The number of carbonyl (C=O) groups excluding carboxylic acids is 1. The van der Waals surface area contributed by atoms with Gasteiger partial charge in [-0.1, -0.05) is 41.9 Å². The van der Waals surface area contributed by atoms with E-state index in [1.54, 1.807) is 24.3 Å². The highest BCUT2D eigenvalue weighted by atomic mass is 35.5. The van der Waals surface area contributed by atoms with Crippen molar-refractivity contribution in [2.24, 2.45) is 16.5 Å². The molecule has 0 bridgehead atoms. The third kappa shape index (κ3) is 4.54. The zero-order valence-corrected chi connectivity index (χ0v) is 14.0. The lowest BCUT2D eigenvalue weighted by atomic mass is 10.2. The average Bonchev–Trinajstić information content (AvgIpc) is 2.53. The monoisotopic (exact) mass is 366 g/mol. The number of nitrogens with one attached hydrogen (secondary N) is 1. The number of guanidine groups is 1. The number of carbonyl (C=O) groups is 1. The maximum Gasteiger partial charge on any atom is 0.280 e. The van der Waals surface area contributed by atoms with Gasteiger partial charge in [0.25, 0.3) is 5.91 Å². The fraction of sp³-hybridized carbons (Fsp3) is 0.0667. The number of aliphatic imine (C=N–C) groups is 1. The fourth-order valence-corrected chi connectivity index (χ4v) is 3.42. The Morgan fingerprint density at radius 1 is 1.12 bits per heavy atom. The van der Waals surface area contributed by atoms with Crippen molar-refractivity contribution >= 4 is 33.5 Å². The molecule has 0 aromatic heterocycles. The second-order valence-electron chi connectivity index (χ2n) is 4.80. The molecule has 0 aliphatic heterocycles. The molecule has 0 atom stereocenters. The molecule has 2 aromatic rings. The van der Waals surface area contributed by atoms with Gasteiger partial charge in [0.05, 0.1) is 5.02 Å². The van der Waals surface area contributed by atoms with Gasteiger partial charge in [-0.2, -0.15) is 4.99 Å². The van der Waals surface area contributed by atoms with E-state index >= 15 is 0 Å². The quantitative estimate of drug-likeness (QED) is 0.541. The summed E-state index contributed by atoms with van der Waals surface area (Å²) in [6.45, 7) is 0.0889. The summed E-state index contributed by atoms with van der Waals surface area (Å²) in [4.78, 5) is 15.0. The molecule has 0 spiro atoms. The van der Waals surface area contributed by atoms with Crippen LogP contribution in [0.5, 0.6) is 0 Å². The largest absolute Gasteiger partial charge is 0.370 e. The van der Waals surface area contributed by atoms with E-state index in [1.165, 1.54) is 12.1 Å². The summed E-state index contributed by atoms with van der Waals surface area (Å²) in [5.74, 6) is -1.17. The van der Waals surface area contributed by atoms with Gasteiger partial charge in [0.1, 0.15) is 4.90 Å². The van der Waals surface area contributed by atoms with E-state index in [1.807, 2.05) is 6.07 Å². The second kappa shape index (κ2) is 7.43. The summed E-state index contributed by atoms with van der Waals surface area (Å²) in [5.41, 5.74) is 11.1. The SMILES string of the molecule is NC(N)=NC(=O)c1ccc(Cl)c(S(=O)(=O)NCc2ccccc2)c1. The number of benzene rings is 2. The average molecular weight is 367 g/mol. The third-order valence-electron chi connectivity index (χ3n) is 3.01. The maximum absolute atomic E-state index is 12.4. The van der Waals surface area contributed by atoms with Crippen molar-refractivity contribution in [1.29, 1.82) is 0 Å². The highest BCUT2D eigenvalue weighted by Crippen LogP contribution is 2.23. The van der Waals surface area contributed by atoms with Crippen molar-refractivity contribution in [2.45, 2.75) is 11.4 Å². The molecule has 24 heavy (non-hydrogen) atoms. The Morgan fingerprint density at radius 3 is 2.42 bits per heavy atom. The molecule has 9 heteroatoms. The Bertz CT molecular complexity index is 879. The fourth-order valence-electron chi connectivity index (χ4n) is 1.88. The van der Waals surface area contributed by atoms with E-state index in [0.29, 0.717) is 0 Å². The van der Waals surface area contributed by atoms with Gasteiger partial charge in [-0.15, -0.1) is 0 Å². The van der Waals surface area contributed by atoms with E-state index in [-0.39, 0.29) is 22.0 Å². The van der Waals surface area contributed by atoms with Crippen LogP contribution < -0.4 is 16.2 Å². The molecule has 2 rings (SSSR count). The van der Waals surface area contributed by atoms with Crippen molar-refractivity contribution in [2.75, 3.05) is 0 Å². The van der Waals surface area contributed by atoms with Crippen molar-refractivity contribution < 1.29 is 13.2 Å². The van der Waals surface area contributed by atoms with E-state index in [0.717, 1.165) is 11.6 Å². The number of nitrogens with two attached hydrogens (primary N) is 2. The van der Waals surface area contributed by atoms with E-state index < -0.39 is 21.9 Å². The Labute approximate surface area is 144 Å². The van der Waals surface area contributed by atoms with Crippen LogP contribution >= 0.6 is 11.6 Å². The molecular formula is C15H15ClN4O3S. The molecule has 0 radical (unpaired) electrons. The first kappa shape index (κ1) is 17.9. The normalized spacial score (nSPS) is 11.0. The van der Waals surface area contributed by atoms with Crippen LogP contribution in [0.15, 0.2) is 58.4 Å². The zero-order valence-electron chi connectivity index (χ0n) is 12.4. The summed E-state index contributed by atoms with van der Waals surface area (Å²) < 4.78 is 27.3. The number of hydrogen-bond donors (Lipinski definition) is 3. The summed E-state index contributed by atoms with van der Waals surface area (Å²) in [6, 6.07) is 12.8. The van der Waals surface area contributed by atoms with Gasteiger partial charge in [0, 0.05) is 12.1 Å². The van der Waals surface area contributed by atoms with Crippen molar-refractivity contribution in [3.8, 4) is 0 Å². The summed E-state index contributed by atoms with van der Waals surface area (Å²) >= 11 is 5.96. The summed E-state index contributed by atoms with van der Waals surface area (Å²) in [5, 5.41) is -0.0168. The lowest BCUT2D eigenvalue weighted by Crippen LogP contribution is -2.25. The third-order valence-corrected chi connectivity index (χ3v) is 4.89. The molecule has 1 amide bonds. The molecule has 0 unspecified atom stereocenters. The molecule has 0 aliphatic rings. The van der Waals surface area contributed by atoms with Crippen molar-refractivity contribution in [3.05, 3.63) is 64.7 Å².